The molecule has 0 aliphatic heterocycles. The quantitative estimate of drug-likeness (QED) is 0.115. The Morgan fingerprint density at radius 1 is 0.167 bits per heavy atom. The molecule has 3 nitrogen and oxygen atoms in total. The summed E-state index contributed by atoms with van der Waals surface area (Å²) in [5.74, 6) is 0. The summed E-state index contributed by atoms with van der Waals surface area (Å²) in [6.45, 7) is 0. The van der Waals surface area contributed by atoms with Gasteiger partial charge in [-0.25, -0.2) is 0 Å². The van der Waals surface area contributed by atoms with Gasteiger partial charge in [-0.15, -0.1) is 0 Å². The van der Waals surface area contributed by atoms with E-state index in [1.165, 1.54) is 0 Å². The SMILES string of the molecule is O=P(c1ccccc1)(c1ccccc1)c1ccc(-c2cc(-c3ccc(P(=O)(c4ccccc4)c4ccccc4)cc3)cc(-c3ccc(P(=O)(c4ccccc4)c4ccccc4)cc3)c2)cc1. The van der Waals surface area contributed by atoms with Crippen LogP contribution in [0, 0.1) is 0 Å². The topological polar surface area (TPSA) is 51.2 Å². The number of hydrogen-bond acceptors (Lipinski definition) is 3. The minimum Gasteiger partial charge on any atom is -0.309 e. The third-order valence-corrected chi connectivity index (χ3v) is 21.6. The summed E-state index contributed by atoms with van der Waals surface area (Å²) in [6.07, 6.45) is 0. The first-order valence-corrected chi connectivity index (χ1v) is 27.1. The van der Waals surface area contributed by atoms with Crippen molar-refractivity contribution in [3.63, 3.8) is 0 Å². The van der Waals surface area contributed by atoms with Gasteiger partial charge in [0.25, 0.3) is 0 Å². The van der Waals surface area contributed by atoms with E-state index in [1.807, 2.05) is 218 Å². The Labute approximate surface area is 387 Å². The molecule has 0 aliphatic carbocycles. The minimum atomic E-state index is -3.18. The van der Waals surface area contributed by atoms with E-state index >= 15 is 13.7 Å². The first kappa shape index (κ1) is 42.8. The Balaban J connectivity index is 1.09. The maximum atomic E-state index is 15.3. The fourth-order valence-electron chi connectivity index (χ4n) is 8.89. The van der Waals surface area contributed by atoms with Crippen LogP contribution < -0.4 is 47.7 Å². The monoisotopic (exact) mass is 906 g/mol. The molecule has 10 rings (SSSR count). The molecule has 0 unspecified atom stereocenters. The third kappa shape index (κ3) is 8.02. The summed E-state index contributed by atoms with van der Waals surface area (Å²) in [5.41, 5.74) is 5.86. The Kier molecular flexibility index (Phi) is 11.9. The van der Waals surface area contributed by atoms with Gasteiger partial charge in [0.2, 0.25) is 0 Å². The second-order valence-corrected chi connectivity index (χ2v) is 24.6. The second kappa shape index (κ2) is 18.4. The summed E-state index contributed by atoms with van der Waals surface area (Å²) < 4.78 is 45.8. The zero-order valence-electron chi connectivity index (χ0n) is 36.0. The first-order valence-electron chi connectivity index (χ1n) is 22.0. The van der Waals surface area contributed by atoms with Gasteiger partial charge in [-0.1, -0.05) is 255 Å². The Morgan fingerprint density at radius 2 is 0.318 bits per heavy atom. The van der Waals surface area contributed by atoms with E-state index in [2.05, 4.69) is 54.6 Å². The summed E-state index contributed by atoms with van der Waals surface area (Å²) in [6, 6.07) is 89.3. The molecule has 0 radical (unpaired) electrons. The lowest BCUT2D eigenvalue weighted by atomic mass is 9.93. The molecule has 318 valence electrons. The molecule has 0 heterocycles. The van der Waals surface area contributed by atoms with Gasteiger partial charge in [-0.2, -0.15) is 0 Å². The Hall–Kier alpha value is -7.11. The maximum absolute atomic E-state index is 15.3. The first-order chi connectivity index (χ1) is 32.3. The van der Waals surface area contributed by atoms with Crippen molar-refractivity contribution in [1.82, 2.24) is 0 Å². The molecule has 0 bridgehead atoms. The summed E-state index contributed by atoms with van der Waals surface area (Å²) in [7, 11) is -9.53. The lowest BCUT2D eigenvalue weighted by Crippen LogP contribution is -2.24. The average molecular weight is 907 g/mol. The van der Waals surface area contributed by atoms with Crippen molar-refractivity contribution in [2.45, 2.75) is 0 Å². The molecule has 10 aromatic carbocycles. The van der Waals surface area contributed by atoms with E-state index in [0.717, 1.165) is 81.1 Å². The molecule has 0 saturated heterocycles. The highest BCUT2D eigenvalue weighted by Crippen LogP contribution is 2.46. The summed E-state index contributed by atoms with van der Waals surface area (Å²) >= 11 is 0. The van der Waals surface area contributed by atoms with Gasteiger partial charge >= 0.3 is 0 Å². The molecule has 10 aromatic rings. The fourth-order valence-corrected chi connectivity index (χ4v) is 16.8. The van der Waals surface area contributed by atoms with Crippen molar-refractivity contribution in [2.24, 2.45) is 0 Å². The van der Waals surface area contributed by atoms with Gasteiger partial charge in [-0.3, -0.25) is 0 Å². The average Bonchev–Trinajstić information content (AvgIpc) is 3.41. The van der Waals surface area contributed by atoms with Crippen LogP contribution in [0.2, 0.25) is 0 Å². The molecule has 0 spiro atoms. The molecule has 6 heteroatoms. The Bertz CT molecular complexity index is 2870. The highest BCUT2D eigenvalue weighted by atomic mass is 31.2. The van der Waals surface area contributed by atoms with Crippen molar-refractivity contribution >= 4 is 69.2 Å². The highest BCUT2D eigenvalue weighted by molar-refractivity contribution is 7.86. The molecular weight excluding hydrogens is 862 g/mol. The highest BCUT2D eigenvalue weighted by Gasteiger charge is 2.32. The maximum Gasteiger partial charge on any atom is 0.171 e. The zero-order valence-corrected chi connectivity index (χ0v) is 38.7. The van der Waals surface area contributed by atoms with E-state index in [9.17, 15) is 0 Å². The van der Waals surface area contributed by atoms with Gasteiger partial charge in [0, 0.05) is 47.7 Å². The van der Waals surface area contributed by atoms with Crippen molar-refractivity contribution in [3.05, 3.63) is 273 Å². The predicted molar refractivity (Wildman–Crippen MR) is 281 cm³/mol. The van der Waals surface area contributed by atoms with Crippen LogP contribution in [0.25, 0.3) is 33.4 Å². The lowest BCUT2D eigenvalue weighted by Gasteiger charge is -2.21. The molecule has 0 atom stereocenters. The Morgan fingerprint density at radius 3 is 0.485 bits per heavy atom. The second-order valence-electron chi connectivity index (χ2n) is 16.3. The zero-order chi connectivity index (χ0) is 45.0. The predicted octanol–water partition coefficient (Wildman–Crippen LogP) is 11.6. The van der Waals surface area contributed by atoms with Crippen molar-refractivity contribution in [1.29, 1.82) is 0 Å². The molecule has 0 amide bonds. The van der Waals surface area contributed by atoms with Crippen molar-refractivity contribution < 1.29 is 13.7 Å². The van der Waals surface area contributed by atoms with Crippen LogP contribution in [0.15, 0.2) is 273 Å². The van der Waals surface area contributed by atoms with E-state index < -0.39 is 21.4 Å². The van der Waals surface area contributed by atoms with Crippen LogP contribution in [0.4, 0.5) is 0 Å². The van der Waals surface area contributed by atoms with Crippen molar-refractivity contribution in [3.8, 4) is 33.4 Å². The molecule has 0 fully saturated rings. The molecule has 0 aromatic heterocycles. The molecule has 0 N–H and O–H groups in total. The number of rotatable bonds is 12. The van der Waals surface area contributed by atoms with Crippen LogP contribution in [0.1, 0.15) is 0 Å². The van der Waals surface area contributed by atoms with Gasteiger partial charge in [0.1, 0.15) is 0 Å². The standard InChI is InChI=1S/C60H45O3P3/c61-64(52-19-7-1-8-20-52,53-21-9-2-10-22-53)58-37-31-46(32-38-58)49-43-50(47-33-39-59(40-34-47)65(62,54-23-11-3-12-24-54)55-25-13-4-14-26-55)45-51(44-49)48-35-41-60(42-36-48)66(63,56-27-15-5-16-28-56)57-29-17-6-18-30-57/h1-45H. The van der Waals surface area contributed by atoms with Gasteiger partial charge < -0.3 is 13.7 Å². The fraction of sp³-hybridized carbons (Fsp3) is 0. The lowest BCUT2D eigenvalue weighted by molar-refractivity contribution is 0.591. The molecule has 66 heavy (non-hydrogen) atoms. The van der Waals surface area contributed by atoms with Gasteiger partial charge in [-0.05, 0) is 51.6 Å². The van der Waals surface area contributed by atoms with E-state index in [4.69, 9.17) is 0 Å². The molecule has 0 saturated carbocycles. The smallest absolute Gasteiger partial charge is 0.171 e. The van der Waals surface area contributed by atoms with Crippen LogP contribution >= 0.6 is 21.4 Å². The van der Waals surface area contributed by atoms with Crippen LogP contribution in [-0.2, 0) is 13.7 Å². The summed E-state index contributed by atoms with van der Waals surface area (Å²) in [5, 5.41) is 6.99. The van der Waals surface area contributed by atoms with E-state index in [0.29, 0.717) is 0 Å². The number of hydrogen-bond donors (Lipinski definition) is 0. The van der Waals surface area contributed by atoms with Crippen LogP contribution in [-0.4, -0.2) is 0 Å². The van der Waals surface area contributed by atoms with Crippen LogP contribution in [0.5, 0.6) is 0 Å². The van der Waals surface area contributed by atoms with Crippen LogP contribution in [0.3, 0.4) is 0 Å². The molecular formula is C60H45O3P3. The third-order valence-electron chi connectivity index (χ3n) is 12.3. The van der Waals surface area contributed by atoms with E-state index in [1.54, 1.807) is 0 Å². The minimum absolute atomic E-state index is 0.758. The van der Waals surface area contributed by atoms with Crippen molar-refractivity contribution in [2.75, 3.05) is 0 Å². The van der Waals surface area contributed by atoms with E-state index in [-0.39, 0.29) is 0 Å². The van der Waals surface area contributed by atoms with Gasteiger partial charge in [0.05, 0.1) is 0 Å². The summed E-state index contributed by atoms with van der Waals surface area (Å²) in [4.78, 5) is 0. The number of benzene rings is 10. The normalized spacial score (nSPS) is 11.8. The van der Waals surface area contributed by atoms with Gasteiger partial charge in [0.15, 0.2) is 21.4 Å². The largest absolute Gasteiger partial charge is 0.309 e. The molecule has 0 aliphatic rings.